The molecule has 0 radical (unpaired) electrons. The number of fused-ring (bicyclic) bond motifs is 1. The highest BCUT2D eigenvalue weighted by Gasteiger charge is 2.27. The Balaban J connectivity index is 1.86. The second-order valence-electron chi connectivity index (χ2n) is 7.06. The van der Waals surface area contributed by atoms with E-state index in [4.69, 9.17) is 5.10 Å². The zero-order valence-electron chi connectivity index (χ0n) is 16.5. The van der Waals surface area contributed by atoms with Gasteiger partial charge in [0.15, 0.2) is 5.65 Å². The molecule has 0 unspecified atom stereocenters. The van der Waals surface area contributed by atoms with Crippen LogP contribution >= 0.6 is 31.9 Å². The molecule has 32 heavy (non-hydrogen) atoms. The molecule has 0 aliphatic rings. The highest BCUT2D eigenvalue weighted by molar-refractivity contribution is 9.11. The monoisotopic (exact) mass is 567 g/mol. The zero-order valence-corrected chi connectivity index (χ0v) is 20.5. The Bertz CT molecular complexity index is 1530. The molecule has 5 nitrogen and oxygen atoms in total. The lowest BCUT2D eigenvalue weighted by atomic mass is 10.1. The molecule has 0 atom stereocenters. The summed E-state index contributed by atoms with van der Waals surface area (Å²) in [5.41, 5.74) is 3.29. The van der Waals surface area contributed by atoms with Crippen LogP contribution in [0.1, 0.15) is 0 Å². The third-order valence-corrected chi connectivity index (χ3v) is 8.09. The van der Waals surface area contributed by atoms with E-state index in [0.29, 0.717) is 27.1 Å². The molecule has 0 amide bonds. The number of halogens is 2. The standard InChI is InChI=1S/C24H15Br2N3O2S/c25-18-13-11-17(12-14-18)23-20(32(30,31)19-9-5-2-6-10-19)15-27-24-21(26)22(28-29(23)24)16-7-3-1-4-8-16/h1-15H. The van der Waals surface area contributed by atoms with Crippen LogP contribution in [-0.4, -0.2) is 23.0 Å². The molecular formula is C24H15Br2N3O2S. The van der Waals surface area contributed by atoms with Crippen molar-refractivity contribution >= 4 is 47.3 Å². The quantitative estimate of drug-likeness (QED) is 0.251. The molecule has 0 aliphatic carbocycles. The van der Waals surface area contributed by atoms with Crippen molar-refractivity contribution in [1.82, 2.24) is 14.6 Å². The highest BCUT2D eigenvalue weighted by atomic mass is 79.9. The van der Waals surface area contributed by atoms with Crippen LogP contribution in [0.25, 0.3) is 28.2 Å². The number of hydrogen-bond donors (Lipinski definition) is 0. The summed E-state index contributed by atoms with van der Waals surface area (Å²) in [6, 6.07) is 25.5. The SMILES string of the molecule is O=S(=O)(c1ccccc1)c1cnc2c(Br)c(-c3ccccc3)nn2c1-c1ccc(Br)cc1. The van der Waals surface area contributed by atoms with Crippen LogP contribution in [0.2, 0.25) is 0 Å². The van der Waals surface area contributed by atoms with E-state index in [1.54, 1.807) is 34.8 Å². The van der Waals surface area contributed by atoms with E-state index < -0.39 is 9.84 Å². The molecule has 8 heteroatoms. The van der Waals surface area contributed by atoms with Crippen molar-refractivity contribution in [2.45, 2.75) is 9.79 Å². The second-order valence-corrected chi connectivity index (χ2v) is 10.7. The topological polar surface area (TPSA) is 64.3 Å². The maximum absolute atomic E-state index is 13.6. The molecule has 0 N–H and O–H groups in total. The highest BCUT2D eigenvalue weighted by Crippen LogP contribution is 2.36. The van der Waals surface area contributed by atoms with E-state index in [-0.39, 0.29) is 9.79 Å². The molecule has 0 bridgehead atoms. The number of rotatable bonds is 4. The molecular weight excluding hydrogens is 554 g/mol. The first-order chi connectivity index (χ1) is 15.5. The van der Waals surface area contributed by atoms with Crippen molar-refractivity contribution in [2.24, 2.45) is 0 Å². The lowest BCUT2D eigenvalue weighted by Gasteiger charge is -2.12. The Hall–Kier alpha value is -2.81. The summed E-state index contributed by atoms with van der Waals surface area (Å²) in [4.78, 5) is 4.78. The molecule has 2 heterocycles. The minimum absolute atomic E-state index is 0.0909. The van der Waals surface area contributed by atoms with E-state index in [0.717, 1.165) is 10.0 Å². The van der Waals surface area contributed by atoms with Crippen molar-refractivity contribution in [3.8, 4) is 22.5 Å². The summed E-state index contributed by atoms with van der Waals surface area (Å²) in [6.45, 7) is 0. The van der Waals surface area contributed by atoms with Crippen molar-refractivity contribution in [1.29, 1.82) is 0 Å². The zero-order chi connectivity index (χ0) is 22.3. The average Bonchev–Trinajstić information content (AvgIpc) is 3.17. The third kappa shape index (κ3) is 3.58. The van der Waals surface area contributed by atoms with Gasteiger partial charge in [-0.3, -0.25) is 0 Å². The summed E-state index contributed by atoms with van der Waals surface area (Å²) in [7, 11) is -3.84. The van der Waals surface area contributed by atoms with Crippen LogP contribution in [0.4, 0.5) is 0 Å². The average molecular weight is 569 g/mol. The van der Waals surface area contributed by atoms with Crippen molar-refractivity contribution in [3.63, 3.8) is 0 Å². The molecule has 158 valence electrons. The molecule has 0 spiro atoms. The Morgan fingerprint density at radius 1 is 0.750 bits per heavy atom. The van der Waals surface area contributed by atoms with Crippen LogP contribution in [0.5, 0.6) is 0 Å². The number of sulfone groups is 1. The van der Waals surface area contributed by atoms with Crippen LogP contribution in [-0.2, 0) is 9.84 Å². The first-order valence-electron chi connectivity index (χ1n) is 9.65. The summed E-state index contributed by atoms with van der Waals surface area (Å²) >= 11 is 7.07. The van der Waals surface area contributed by atoms with Gasteiger partial charge in [-0.1, -0.05) is 76.6 Å². The summed E-state index contributed by atoms with van der Waals surface area (Å²) < 4.78 is 30.4. The van der Waals surface area contributed by atoms with Gasteiger partial charge in [0.2, 0.25) is 9.84 Å². The van der Waals surface area contributed by atoms with E-state index in [9.17, 15) is 8.42 Å². The lowest BCUT2D eigenvalue weighted by molar-refractivity contribution is 0.595. The maximum atomic E-state index is 13.6. The fourth-order valence-corrected chi connectivity index (χ4v) is 5.78. The van der Waals surface area contributed by atoms with Crippen molar-refractivity contribution < 1.29 is 8.42 Å². The van der Waals surface area contributed by atoms with Gasteiger partial charge in [-0.2, -0.15) is 5.10 Å². The lowest BCUT2D eigenvalue weighted by Crippen LogP contribution is -2.09. The molecule has 0 aliphatic heterocycles. The van der Waals surface area contributed by atoms with E-state index in [2.05, 4.69) is 36.8 Å². The van der Waals surface area contributed by atoms with Gasteiger partial charge in [0, 0.05) is 15.6 Å². The van der Waals surface area contributed by atoms with Crippen molar-refractivity contribution in [2.75, 3.05) is 0 Å². The van der Waals surface area contributed by atoms with E-state index in [1.807, 2.05) is 54.6 Å². The summed E-state index contributed by atoms with van der Waals surface area (Å²) in [5, 5.41) is 4.78. The molecule has 0 fully saturated rings. The predicted molar refractivity (Wildman–Crippen MR) is 131 cm³/mol. The Labute approximate surface area is 201 Å². The van der Waals surface area contributed by atoms with Crippen LogP contribution < -0.4 is 0 Å². The fraction of sp³-hybridized carbons (Fsp3) is 0. The van der Waals surface area contributed by atoms with E-state index in [1.165, 1.54) is 6.20 Å². The summed E-state index contributed by atoms with van der Waals surface area (Å²) in [5.74, 6) is 0. The molecule has 5 rings (SSSR count). The number of benzene rings is 3. The normalized spacial score (nSPS) is 11.7. The number of aromatic nitrogens is 3. The van der Waals surface area contributed by atoms with Gasteiger partial charge in [0.25, 0.3) is 0 Å². The smallest absolute Gasteiger partial charge is 0.210 e. The van der Waals surface area contributed by atoms with Crippen LogP contribution in [0, 0.1) is 0 Å². The van der Waals surface area contributed by atoms with Crippen molar-refractivity contribution in [3.05, 3.63) is 100 Å². The van der Waals surface area contributed by atoms with Crippen LogP contribution in [0.15, 0.2) is 110 Å². The molecule has 3 aromatic carbocycles. The molecule has 2 aromatic heterocycles. The predicted octanol–water partition coefficient (Wildman–Crippen LogP) is 6.42. The Morgan fingerprint density at radius 2 is 1.38 bits per heavy atom. The van der Waals surface area contributed by atoms with Gasteiger partial charge in [-0.15, -0.1) is 0 Å². The minimum atomic E-state index is -3.84. The van der Waals surface area contributed by atoms with Gasteiger partial charge in [0.1, 0.15) is 10.6 Å². The largest absolute Gasteiger partial charge is 0.235 e. The second kappa shape index (κ2) is 8.27. The number of hydrogen-bond acceptors (Lipinski definition) is 4. The van der Waals surface area contributed by atoms with Gasteiger partial charge in [-0.05, 0) is 40.2 Å². The fourth-order valence-electron chi connectivity index (χ4n) is 3.52. The Morgan fingerprint density at radius 3 is 2.03 bits per heavy atom. The van der Waals surface area contributed by atoms with Gasteiger partial charge in [0.05, 0.1) is 21.3 Å². The number of nitrogens with zero attached hydrogens (tertiary/aromatic N) is 3. The first kappa shape index (κ1) is 21.1. The molecule has 0 saturated carbocycles. The molecule has 5 aromatic rings. The Kier molecular flexibility index (Phi) is 5.44. The first-order valence-corrected chi connectivity index (χ1v) is 12.7. The third-order valence-electron chi connectivity index (χ3n) is 5.06. The molecule has 0 saturated heterocycles. The van der Waals surface area contributed by atoms with Crippen LogP contribution in [0.3, 0.4) is 0 Å². The maximum Gasteiger partial charge on any atom is 0.210 e. The minimum Gasteiger partial charge on any atom is -0.235 e. The van der Waals surface area contributed by atoms with Gasteiger partial charge < -0.3 is 0 Å². The van der Waals surface area contributed by atoms with Gasteiger partial charge >= 0.3 is 0 Å². The summed E-state index contributed by atoms with van der Waals surface area (Å²) in [6.07, 6.45) is 1.41. The van der Waals surface area contributed by atoms with E-state index >= 15 is 0 Å². The van der Waals surface area contributed by atoms with Gasteiger partial charge in [-0.25, -0.2) is 17.9 Å².